The van der Waals surface area contributed by atoms with E-state index in [2.05, 4.69) is 10.6 Å². The fourth-order valence-corrected chi connectivity index (χ4v) is 4.16. The Bertz CT molecular complexity index is 806. The minimum Gasteiger partial charge on any atom is -0.355 e. The van der Waals surface area contributed by atoms with Crippen LogP contribution in [-0.4, -0.2) is 32.2 Å². The first-order valence-electron chi connectivity index (χ1n) is 8.46. The molecular formula is C17H30FN3O4S. The molecule has 0 aromatic heterocycles. The summed E-state index contributed by atoms with van der Waals surface area (Å²) in [6, 6.07) is 1.68. The van der Waals surface area contributed by atoms with Crippen LogP contribution in [0.1, 0.15) is 61.4 Å². The molecule has 150 valence electrons. The van der Waals surface area contributed by atoms with Gasteiger partial charge in [0.1, 0.15) is 5.82 Å². The van der Waals surface area contributed by atoms with E-state index in [1.54, 1.807) is 0 Å². The Hall–Kier alpha value is -2.16. The van der Waals surface area contributed by atoms with E-state index in [1.807, 2.05) is 32.4 Å². The molecule has 3 amide bonds. The fraction of sp³-hybridized carbons (Fsp3) is 0.529. The zero-order valence-corrected chi connectivity index (χ0v) is 16.0. The summed E-state index contributed by atoms with van der Waals surface area (Å²) in [4.78, 5) is 23.9. The molecule has 0 saturated carbocycles. The topological polar surface area (TPSA) is 104 Å². The van der Waals surface area contributed by atoms with E-state index in [0.717, 1.165) is 0 Å². The van der Waals surface area contributed by atoms with Gasteiger partial charge in [-0.05, 0) is 41.5 Å². The average Bonchev–Trinajstić information content (AvgIpc) is 2.94. The first-order valence-corrected chi connectivity index (χ1v) is 10.0. The summed E-state index contributed by atoms with van der Waals surface area (Å²) in [5, 5.41) is 3.66. The third-order valence-corrected chi connectivity index (χ3v) is 5.92. The molecule has 7 nitrogen and oxygen atoms in total. The number of nitrogens with one attached hydrogen (secondary N) is 3. The van der Waals surface area contributed by atoms with Crippen molar-refractivity contribution in [3.05, 3.63) is 29.1 Å². The van der Waals surface area contributed by atoms with E-state index in [4.69, 9.17) is 0 Å². The minimum atomic E-state index is -4.15. The molecule has 1 atom stereocenters. The lowest BCUT2D eigenvalue weighted by molar-refractivity contribution is -0.118. The Morgan fingerprint density at radius 2 is 1.77 bits per heavy atom. The third-order valence-electron chi connectivity index (χ3n) is 4.25. The molecule has 0 bridgehead atoms. The fourth-order valence-electron chi connectivity index (χ4n) is 2.91. The Morgan fingerprint density at radius 3 is 2.19 bits per heavy atom. The van der Waals surface area contributed by atoms with Gasteiger partial charge in [0.15, 0.2) is 5.25 Å². The Kier molecular flexibility index (Phi) is 5.90. The highest BCUT2D eigenvalue weighted by molar-refractivity contribution is 7.91. The number of carbonyl (C=O) groups excluding carboxylic acids is 2. The number of hydrogen-bond donors (Lipinski definition) is 3. The predicted molar refractivity (Wildman–Crippen MR) is 103 cm³/mol. The quantitative estimate of drug-likeness (QED) is 0.717. The molecule has 0 aliphatic carbocycles. The van der Waals surface area contributed by atoms with E-state index in [0.29, 0.717) is 16.8 Å². The molecule has 1 fully saturated rings. The molecule has 1 aliphatic heterocycles. The van der Waals surface area contributed by atoms with Gasteiger partial charge in [0.25, 0.3) is 0 Å². The van der Waals surface area contributed by atoms with Crippen LogP contribution in [0.15, 0.2) is 12.1 Å². The van der Waals surface area contributed by atoms with Crippen LogP contribution >= 0.6 is 0 Å². The van der Waals surface area contributed by atoms with E-state index >= 15 is 0 Å². The lowest BCUT2D eigenvalue weighted by atomic mass is 9.92. The number of amides is 3. The molecular weight excluding hydrogens is 361 g/mol. The van der Waals surface area contributed by atoms with Gasteiger partial charge in [-0.3, -0.25) is 4.79 Å². The molecule has 1 aromatic carbocycles. The van der Waals surface area contributed by atoms with E-state index in [1.165, 1.54) is 12.1 Å². The molecule has 2 rings (SSSR count). The first kappa shape index (κ1) is 20.2. The maximum Gasteiger partial charge on any atom is 0.332 e. The van der Waals surface area contributed by atoms with Crippen LogP contribution in [0.4, 0.5) is 14.9 Å². The van der Waals surface area contributed by atoms with Gasteiger partial charge in [0.2, 0.25) is 15.9 Å². The van der Waals surface area contributed by atoms with E-state index < -0.39 is 33.0 Å². The maximum atomic E-state index is 13.9. The molecule has 1 aliphatic rings. The van der Waals surface area contributed by atoms with Crippen molar-refractivity contribution in [3.8, 4) is 0 Å². The van der Waals surface area contributed by atoms with E-state index in [9.17, 15) is 22.4 Å². The number of benzene rings is 1. The van der Waals surface area contributed by atoms with Crippen molar-refractivity contribution in [1.29, 1.82) is 0 Å². The van der Waals surface area contributed by atoms with Gasteiger partial charge in [-0.25, -0.2) is 22.3 Å². The largest absolute Gasteiger partial charge is 0.355 e. The lowest BCUT2D eigenvalue weighted by Gasteiger charge is -2.21. The van der Waals surface area contributed by atoms with Crippen LogP contribution in [0.25, 0.3) is 0 Å². The monoisotopic (exact) mass is 391 g/mol. The van der Waals surface area contributed by atoms with Gasteiger partial charge in [0, 0.05) is 16.5 Å². The summed E-state index contributed by atoms with van der Waals surface area (Å²) >= 11 is 0. The molecule has 1 saturated heterocycles. The van der Waals surface area contributed by atoms with E-state index in [-0.39, 0.29) is 29.1 Å². The summed E-state index contributed by atoms with van der Waals surface area (Å²) in [5.74, 6) is -1.22. The Balaban J connectivity index is 0. The van der Waals surface area contributed by atoms with Crippen LogP contribution in [-0.2, 0) is 14.8 Å². The summed E-state index contributed by atoms with van der Waals surface area (Å²) in [7, 11) is -4.15. The number of rotatable bonds is 5. The smallest absolute Gasteiger partial charge is 0.332 e. The zero-order chi connectivity index (χ0) is 19.6. The average molecular weight is 392 g/mol. The number of anilines is 1. The molecule has 0 spiro atoms. The summed E-state index contributed by atoms with van der Waals surface area (Å²) < 4.78 is 40.3. The van der Waals surface area contributed by atoms with Gasteiger partial charge in [0.05, 0.1) is 0 Å². The standard InChI is InChI=1S/C17H24FN3O4S.3H2/c1-9(2)12-7-11(18)8-13(10(3)4)15(12)20-17(23)21-26(24,25)14-5-6-19-16(14)22;;;/h7-10,14H,5-6H2,1-4H3,(H,19,22)(H2,20,21,23);3*1H. The second-order valence-corrected chi connectivity index (χ2v) is 8.80. The summed E-state index contributed by atoms with van der Waals surface area (Å²) in [6.07, 6.45) is 0.104. The maximum absolute atomic E-state index is 13.9. The second kappa shape index (κ2) is 7.61. The highest BCUT2D eigenvalue weighted by Crippen LogP contribution is 2.33. The van der Waals surface area contributed by atoms with Crippen molar-refractivity contribution in [1.82, 2.24) is 10.0 Å². The molecule has 1 unspecified atom stereocenters. The van der Waals surface area contributed by atoms with Crippen molar-refractivity contribution in [3.63, 3.8) is 0 Å². The molecule has 1 aromatic rings. The summed E-state index contributed by atoms with van der Waals surface area (Å²) in [5.41, 5.74) is 1.53. The number of hydrogen-bond acceptors (Lipinski definition) is 4. The van der Waals surface area contributed by atoms with Crippen molar-refractivity contribution < 1.29 is 26.7 Å². The van der Waals surface area contributed by atoms with Crippen LogP contribution in [0, 0.1) is 5.82 Å². The van der Waals surface area contributed by atoms with Crippen molar-refractivity contribution in [2.45, 2.75) is 51.2 Å². The number of sulfonamides is 1. The molecule has 0 radical (unpaired) electrons. The molecule has 1 heterocycles. The molecule has 9 heteroatoms. The highest BCUT2D eigenvalue weighted by atomic mass is 32.2. The second-order valence-electron chi connectivity index (χ2n) is 6.94. The summed E-state index contributed by atoms with van der Waals surface area (Å²) in [6.45, 7) is 7.64. The van der Waals surface area contributed by atoms with Gasteiger partial charge >= 0.3 is 6.03 Å². The van der Waals surface area contributed by atoms with Crippen LogP contribution < -0.4 is 15.4 Å². The van der Waals surface area contributed by atoms with Crippen molar-refractivity contribution in [2.75, 3.05) is 11.9 Å². The molecule has 3 N–H and O–H groups in total. The van der Waals surface area contributed by atoms with Crippen LogP contribution in [0.2, 0.25) is 0 Å². The van der Waals surface area contributed by atoms with Gasteiger partial charge in [-0.1, -0.05) is 27.7 Å². The Morgan fingerprint density at radius 1 is 1.23 bits per heavy atom. The van der Waals surface area contributed by atoms with Crippen LogP contribution in [0.5, 0.6) is 0 Å². The third kappa shape index (κ3) is 4.32. The predicted octanol–water partition coefficient (Wildman–Crippen LogP) is 3.15. The number of carbonyl (C=O) groups is 2. The zero-order valence-electron chi connectivity index (χ0n) is 15.2. The molecule has 26 heavy (non-hydrogen) atoms. The van der Waals surface area contributed by atoms with Gasteiger partial charge < -0.3 is 10.6 Å². The van der Waals surface area contributed by atoms with Gasteiger partial charge in [-0.15, -0.1) is 0 Å². The number of halogens is 1. The SMILES string of the molecule is CC(C)c1cc(F)cc(C(C)C)c1NC(=O)NS(=O)(=O)C1CCNC1=O.[HH].[HH].[HH]. The van der Waals surface area contributed by atoms with Crippen LogP contribution in [0.3, 0.4) is 0 Å². The normalized spacial score (nSPS) is 17.5. The van der Waals surface area contributed by atoms with Crippen molar-refractivity contribution >= 4 is 27.6 Å². The van der Waals surface area contributed by atoms with Crippen molar-refractivity contribution in [2.24, 2.45) is 0 Å². The highest BCUT2D eigenvalue weighted by Gasteiger charge is 2.37. The van der Waals surface area contributed by atoms with Gasteiger partial charge in [-0.2, -0.15) is 0 Å². The minimum absolute atomic E-state index is 0. The Labute approximate surface area is 157 Å². The first-order chi connectivity index (χ1) is 12.0. The lowest BCUT2D eigenvalue weighted by Crippen LogP contribution is -2.43. The number of urea groups is 1.